The second-order valence-electron chi connectivity index (χ2n) is 3.81. The Bertz CT molecular complexity index is 684. The number of carbonyl (C=O) groups excluding carboxylic acids is 1. The predicted molar refractivity (Wildman–Crippen MR) is 67.6 cm³/mol. The van der Waals surface area contributed by atoms with Gasteiger partial charge in [0.1, 0.15) is 0 Å². The average Bonchev–Trinajstić information content (AvgIpc) is 2.89. The molecule has 1 aromatic heterocycles. The molecule has 1 heterocycles. The largest absolute Gasteiger partial charge is 0.493 e. The Morgan fingerprint density at radius 3 is 2.35 bits per heavy atom. The number of methoxy groups -OCH3 is 3. The third kappa shape index (κ3) is 2.03. The number of aromatic carboxylic acids is 1. The molecule has 106 valence electrons. The Hall–Kier alpha value is -2.70. The van der Waals surface area contributed by atoms with Gasteiger partial charge in [0, 0.05) is 11.5 Å². The van der Waals surface area contributed by atoms with Gasteiger partial charge in [-0.15, -0.1) is 0 Å². The van der Waals surface area contributed by atoms with Crippen molar-refractivity contribution in [2.45, 2.75) is 0 Å². The number of carbonyl (C=O) groups is 2. The van der Waals surface area contributed by atoms with Crippen molar-refractivity contribution in [1.82, 2.24) is 0 Å². The number of furan rings is 1. The van der Waals surface area contributed by atoms with E-state index in [9.17, 15) is 9.59 Å². The lowest BCUT2D eigenvalue weighted by Crippen LogP contribution is -2.03. The van der Waals surface area contributed by atoms with Crippen LogP contribution in [0.15, 0.2) is 16.5 Å². The lowest BCUT2D eigenvalue weighted by atomic mass is 10.1. The maximum Gasteiger partial charge on any atom is 0.371 e. The van der Waals surface area contributed by atoms with E-state index in [-0.39, 0.29) is 33.8 Å². The van der Waals surface area contributed by atoms with Crippen molar-refractivity contribution in [1.29, 1.82) is 0 Å². The van der Waals surface area contributed by atoms with Crippen molar-refractivity contribution < 1.29 is 33.3 Å². The lowest BCUT2D eigenvalue weighted by Gasteiger charge is -2.10. The molecule has 7 nitrogen and oxygen atoms in total. The van der Waals surface area contributed by atoms with Crippen molar-refractivity contribution in [3.8, 4) is 11.5 Å². The van der Waals surface area contributed by atoms with Gasteiger partial charge in [-0.1, -0.05) is 0 Å². The van der Waals surface area contributed by atoms with Crippen LogP contribution in [0, 0.1) is 0 Å². The molecule has 0 fully saturated rings. The Morgan fingerprint density at radius 1 is 1.15 bits per heavy atom. The molecule has 2 rings (SSSR count). The molecule has 1 N–H and O–H groups in total. The number of benzene rings is 1. The van der Waals surface area contributed by atoms with E-state index in [0.29, 0.717) is 0 Å². The first-order chi connectivity index (χ1) is 9.53. The van der Waals surface area contributed by atoms with E-state index in [1.54, 1.807) is 0 Å². The van der Waals surface area contributed by atoms with Crippen LogP contribution in [0.5, 0.6) is 11.5 Å². The van der Waals surface area contributed by atoms with Crippen LogP contribution in [0.4, 0.5) is 0 Å². The number of ether oxygens (including phenoxy) is 3. The van der Waals surface area contributed by atoms with Crippen molar-refractivity contribution in [3.05, 3.63) is 23.5 Å². The number of hydrogen-bond donors (Lipinski definition) is 1. The van der Waals surface area contributed by atoms with Gasteiger partial charge < -0.3 is 23.7 Å². The van der Waals surface area contributed by atoms with Crippen molar-refractivity contribution in [2.24, 2.45) is 0 Å². The normalized spacial score (nSPS) is 10.3. The number of fused-ring (bicyclic) bond motifs is 1. The second kappa shape index (κ2) is 5.12. The highest BCUT2D eigenvalue weighted by molar-refractivity contribution is 6.07. The van der Waals surface area contributed by atoms with E-state index in [2.05, 4.69) is 4.74 Å². The smallest absolute Gasteiger partial charge is 0.371 e. The van der Waals surface area contributed by atoms with Crippen LogP contribution < -0.4 is 9.47 Å². The molecule has 0 amide bonds. The SMILES string of the molecule is COC(=O)c1cc(OC)c(OC)c2oc(C(=O)O)cc12. The molecule has 0 spiro atoms. The number of esters is 1. The van der Waals surface area contributed by atoms with E-state index in [1.165, 1.54) is 33.5 Å². The van der Waals surface area contributed by atoms with Crippen LogP contribution >= 0.6 is 0 Å². The molecule has 0 aliphatic carbocycles. The Kier molecular flexibility index (Phi) is 3.51. The van der Waals surface area contributed by atoms with Crippen LogP contribution in [-0.2, 0) is 4.74 Å². The summed E-state index contributed by atoms with van der Waals surface area (Å²) in [6.07, 6.45) is 0. The molecule has 0 aliphatic rings. The summed E-state index contributed by atoms with van der Waals surface area (Å²) in [6.45, 7) is 0. The maximum absolute atomic E-state index is 11.8. The fourth-order valence-electron chi connectivity index (χ4n) is 1.88. The third-order valence-corrected chi connectivity index (χ3v) is 2.77. The average molecular weight is 280 g/mol. The van der Waals surface area contributed by atoms with Crippen molar-refractivity contribution >= 4 is 22.9 Å². The molecule has 0 saturated carbocycles. The minimum Gasteiger partial charge on any atom is -0.493 e. The topological polar surface area (TPSA) is 95.2 Å². The molecule has 2 aromatic rings. The van der Waals surface area contributed by atoms with Gasteiger partial charge in [-0.25, -0.2) is 9.59 Å². The first-order valence-corrected chi connectivity index (χ1v) is 5.53. The summed E-state index contributed by atoms with van der Waals surface area (Å²) in [6, 6.07) is 2.65. The van der Waals surface area contributed by atoms with E-state index in [4.69, 9.17) is 19.0 Å². The summed E-state index contributed by atoms with van der Waals surface area (Å²) < 4.78 is 20.1. The van der Waals surface area contributed by atoms with Crippen LogP contribution in [-0.4, -0.2) is 38.4 Å². The molecule has 7 heteroatoms. The fourth-order valence-corrected chi connectivity index (χ4v) is 1.88. The van der Waals surface area contributed by atoms with Gasteiger partial charge in [-0.2, -0.15) is 0 Å². The van der Waals surface area contributed by atoms with Crippen LogP contribution in [0.25, 0.3) is 11.0 Å². The number of hydrogen-bond acceptors (Lipinski definition) is 6. The fraction of sp³-hybridized carbons (Fsp3) is 0.231. The predicted octanol–water partition coefficient (Wildman–Crippen LogP) is 1.93. The monoisotopic (exact) mass is 280 g/mol. The van der Waals surface area contributed by atoms with Crippen LogP contribution in [0.1, 0.15) is 20.9 Å². The minimum absolute atomic E-state index is 0.115. The van der Waals surface area contributed by atoms with Crippen LogP contribution in [0.2, 0.25) is 0 Å². The number of carboxylic acid groups (broad SMARTS) is 1. The van der Waals surface area contributed by atoms with Crippen molar-refractivity contribution in [2.75, 3.05) is 21.3 Å². The van der Waals surface area contributed by atoms with Gasteiger partial charge in [-0.05, 0) is 6.07 Å². The molecule has 0 bridgehead atoms. The summed E-state index contributed by atoms with van der Waals surface area (Å²) in [5.41, 5.74) is 0.251. The van der Waals surface area contributed by atoms with E-state index < -0.39 is 11.9 Å². The van der Waals surface area contributed by atoms with Gasteiger partial charge in [0.15, 0.2) is 11.3 Å². The van der Waals surface area contributed by atoms with E-state index in [0.717, 1.165) is 0 Å². The summed E-state index contributed by atoms with van der Waals surface area (Å²) in [4.78, 5) is 22.8. The molecule has 0 saturated heterocycles. The molecule has 1 aromatic carbocycles. The van der Waals surface area contributed by atoms with Crippen molar-refractivity contribution in [3.63, 3.8) is 0 Å². The molecular formula is C13H12O7. The third-order valence-electron chi connectivity index (χ3n) is 2.77. The van der Waals surface area contributed by atoms with Gasteiger partial charge >= 0.3 is 11.9 Å². The zero-order valence-corrected chi connectivity index (χ0v) is 11.1. The quantitative estimate of drug-likeness (QED) is 0.855. The molecular weight excluding hydrogens is 268 g/mol. The highest BCUT2D eigenvalue weighted by atomic mass is 16.5. The zero-order chi connectivity index (χ0) is 14.9. The van der Waals surface area contributed by atoms with E-state index in [1.807, 2.05) is 0 Å². The van der Waals surface area contributed by atoms with Crippen LogP contribution in [0.3, 0.4) is 0 Å². The molecule has 0 atom stereocenters. The molecule has 0 radical (unpaired) electrons. The molecule has 0 unspecified atom stereocenters. The maximum atomic E-state index is 11.8. The first-order valence-electron chi connectivity index (χ1n) is 5.53. The van der Waals surface area contributed by atoms with Gasteiger partial charge in [0.25, 0.3) is 0 Å². The Morgan fingerprint density at radius 2 is 1.85 bits per heavy atom. The number of carboxylic acids is 1. The van der Waals surface area contributed by atoms with Gasteiger partial charge in [0.05, 0.1) is 26.9 Å². The zero-order valence-electron chi connectivity index (χ0n) is 11.1. The van der Waals surface area contributed by atoms with Gasteiger partial charge in [0.2, 0.25) is 11.5 Å². The first kappa shape index (κ1) is 13.7. The molecule has 20 heavy (non-hydrogen) atoms. The lowest BCUT2D eigenvalue weighted by molar-refractivity contribution is 0.0601. The summed E-state index contributed by atoms with van der Waals surface area (Å²) in [5, 5.41) is 9.26. The minimum atomic E-state index is -1.25. The molecule has 0 aliphatic heterocycles. The number of rotatable bonds is 4. The Balaban J connectivity index is 2.85. The Labute approximate surface area is 113 Å². The summed E-state index contributed by atoms with van der Waals surface area (Å²) in [7, 11) is 4.01. The summed E-state index contributed by atoms with van der Waals surface area (Å²) in [5.74, 6) is -1.74. The summed E-state index contributed by atoms with van der Waals surface area (Å²) >= 11 is 0. The van der Waals surface area contributed by atoms with E-state index >= 15 is 0 Å². The highest BCUT2D eigenvalue weighted by Gasteiger charge is 2.24. The highest BCUT2D eigenvalue weighted by Crippen LogP contribution is 2.39. The van der Waals surface area contributed by atoms with Gasteiger partial charge in [-0.3, -0.25) is 0 Å². The standard InChI is InChI=1S/C13H12O7/c1-17-8-5-7(13(16)19-3)6-4-9(12(14)15)20-10(6)11(8)18-2/h4-5H,1-3H3,(H,14,15). The second-order valence-corrected chi connectivity index (χ2v) is 3.81.